The molecule has 0 aliphatic rings. The Morgan fingerprint density at radius 3 is 2.27 bits per heavy atom. The van der Waals surface area contributed by atoms with E-state index in [4.69, 9.17) is 4.43 Å². The molecule has 0 heterocycles. The summed E-state index contributed by atoms with van der Waals surface area (Å²) in [5.74, 6) is 0.0955. The SMILES string of the molecule is C[C@H](Cc1cccc(CC(=O)N[C@H](C)c2ccccc2)c1)NC[C@@H](O[Si](C)(C)C(C)(C)C)c1ccc(O)c(CO)c1. The first-order valence-corrected chi connectivity index (χ1v) is 17.5. The van der Waals surface area contributed by atoms with Crippen molar-refractivity contribution < 1.29 is 19.4 Å². The van der Waals surface area contributed by atoms with Crippen molar-refractivity contribution in [1.82, 2.24) is 10.6 Å². The van der Waals surface area contributed by atoms with Gasteiger partial charge in [0.05, 0.1) is 25.2 Å². The smallest absolute Gasteiger partial charge is 0.224 e. The number of aliphatic hydroxyl groups is 1. The number of hydrogen-bond acceptors (Lipinski definition) is 5. The first kappa shape index (κ1) is 32.5. The summed E-state index contributed by atoms with van der Waals surface area (Å²) in [7, 11) is -2.10. The van der Waals surface area contributed by atoms with E-state index < -0.39 is 8.32 Å². The van der Waals surface area contributed by atoms with Gasteiger partial charge in [0.1, 0.15) is 5.75 Å². The Kier molecular flexibility index (Phi) is 11.3. The van der Waals surface area contributed by atoms with Crippen LogP contribution in [0.25, 0.3) is 0 Å². The molecule has 0 saturated heterocycles. The Bertz CT molecular complexity index is 1270. The van der Waals surface area contributed by atoms with E-state index in [2.05, 4.69) is 63.6 Å². The first-order chi connectivity index (χ1) is 19.3. The lowest BCUT2D eigenvalue weighted by atomic mass is 10.0. The van der Waals surface area contributed by atoms with Crippen molar-refractivity contribution in [3.63, 3.8) is 0 Å². The molecule has 0 bridgehead atoms. The number of aromatic hydroxyl groups is 1. The van der Waals surface area contributed by atoms with Gasteiger partial charge in [-0.3, -0.25) is 4.79 Å². The lowest BCUT2D eigenvalue weighted by Crippen LogP contribution is -2.44. The molecule has 0 radical (unpaired) electrons. The number of carbonyl (C=O) groups excluding carboxylic acids is 1. The summed E-state index contributed by atoms with van der Waals surface area (Å²) >= 11 is 0. The molecule has 0 unspecified atom stereocenters. The third-order valence-electron chi connectivity index (χ3n) is 8.12. The fourth-order valence-corrected chi connectivity index (χ4v) is 5.88. The minimum absolute atomic E-state index is 0.00597. The Morgan fingerprint density at radius 2 is 1.61 bits per heavy atom. The van der Waals surface area contributed by atoms with Crippen molar-refractivity contribution in [1.29, 1.82) is 0 Å². The molecule has 0 fully saturated rings. The van der Waals surface area contributed by atoms with Gasteiger partial charge >= 0.3 is 0 Å². The Hall–Kier alpha value is -2.97. The highest BCUT2D eigenvalue weighted by atomic mass is 28.4. The van der Waals surface area contributed by atoms with Crippen LogP contribution in [-0.4, -0.2) is 37.0 Å². The molecule has 1 amide bonds. The number of nitrogens with one attached hydrogen (secondary N) is 2. The van der Waals surface area contributed by atoms with Gasteiger partial charge in [0, 0.05) is 18.2 Å². The molecule has 7 heteroatoms. The predicted octanol–water partition coefficient (Wildman–Crippen LogP) is 6.59. The maximum absolute atomic E-state index is 12.7. The van der Waals surface area contributed by atoms with Crippen molar-refractivity contribution in [3.8, 4) is 5.75 Å². The van der Waals surface area contributed by atoms with E-state index in [0.29, 0.717) is 18.5 Å². The Morgan fingerprint density at radius 1 is 0.927 bits per heavy atom. The van der Waals surface area contributed by atoms with Crippen molar-refractivity contribution in [2.45, 2.75) is 90.4 Å². The molecule has 3 aromatic carbocycles. The molecular formula is C34H48N2O4Si. The number of aliphatic hydroxyl groups excluding tert-OH is 1. The molecule has 0 aliphatic carbocycles. The van der Waals surface area contributed by atoms with E-state index in [-0.39, 0.29) is 41.5 Å². The quantitative estimate of drug-likeness (QED) is 0.172. The first-order valence-electron chi connectivity index (χ1n) is 14.5. The summed E-state index contributed by atoms with van der Waals surface area (Å²) in [6, 6.07) is 23.7. The minimum atomic E-state index is -2.10. The van der Waals surface area contributed by atoms with Gasteiger partial charge in [-0.15, -0.1) is 0 Å². The van der Waals surface area contributed by atoms with Crippen molar-refractivity contribution in [3.05, 3.63) is 101 Å². The maximum atomic E-state index is 12.7. The largest absolute Gasteiger partial charge is 0.508 e. The van der Waals surface area contributed by atoms with E-state index in [1.807, 2.05) is 61.5 Å². The van der Waals surface area contributed by atoms with Crippen LogP contribution in [0.2, 0.25) is 18.1 Å². The van der Waals surface area contributed by atoms with Gasteiger partial charge in [-0.05, 0) is 72.8 Å². The van der Waals surface area contributed by atoms with Gasteiger partial charge in [0.15, 0.2) is 8.32 Å². The Labute approximate surface area is 247 Å². The Balaban J connectivity index is 1.64. The average Bonchev–Trinajstić information content (AvgIpc) is 2.91. The number of benzene rings is 3. The van der Waals surface area contributed by atoms with Crippen molar-refractivity contribution in [2.75, 3.05) is 6.54 Å². The zero-order valence-corrected chi connectivity index (χ0v) is 26.7. The summed E-state index contributed by atoms with van der Waals surface area (Å²) in [6.07, 6.45) is 0.926. The molecule has 3 aromatic rings. The zero-order valence-electron chi connectivity index (χ0n) is 25.7. The van der Waals surface area contributed by atoms with E-state index in [1.54, 1.807) is 6.07 Å². The van der Waals surface area contributed by atoms with E-state index >= 15 is 0 Å². The number of phenols is 1. The fourth-order valence-electron chi connectivity index (χ4n) is 4.60. The average molecular weight is 577 g/mol. The molecule has 0 spiro atoms. The summed E-state index contributed by atoms with van der Waals surface area (Å²) in [4.78, 5) is 12.7. The predicted molar refractivity (Wildman–Crippen MR) is 169 cm³/mol. The molecule has 4 N–H and O–H groups in total. The normalized spacial score (nSPS) is 14.3. The summed E-state index contributed by atoms with van der Waals surface area (Å²) in [5.41, 5.74) is 4.69. The number of hydrogen-bond donors (Lipinski definition) is 4. The van der Waals surface area contributed by atoms with Crippen molar-refractivity contribution >= 4 is 14.2 Å². The van der Waals surface area contributed by atoms with Crippen LogP contribution in [0.1, 0.15) is 74.6 Å². The highest BCUT2D eigenvalue weighted by molar-refractivity contribution is 6.74. The molecular weight excluding hydrogens is 528 g/mol. The highest BCUT2D eigenvalue weighted by Gasteiger charge is 2.39. The highest BCUT2D eigenvalue weighted by Crippen LogP contribution is 2.40. The van der Waals surface area contributed by atoms with Gasteiger partial charge < -0.3 is 25.3 Å². The van der Waals surface area contributed by atoms with Crippen molar-refractivity contribution in [2.24, 2.45) is 0 Å². The molecule has 6 nitrogen and oxygen atoms in total. The third-order valence-corrected chi connectivity index (χ3v) is 12.6. The van der Waals surface area contributed by atoms with Crippen LogP contribution in [0, 0.1) is 0 Å². The lowest BCUT2D eigenvalue weighted by Gasteiger charge is -2.40. The van der Waals surface area contributed by atoms with Gasteiger partial charge in [0.25, 0.3) is 0 Å². The number of rotatable bonds is 13. The van der Waals surface area contributed by atoms with Crippen LogP contribution in [0.5, 0.6) is 5.75 Å². The lowest BCUT2D eigenvalue weighted by molar-refractivity contribution is -0.121. The maximum Gasteiger partial charge on any atom is 0.224 e. The summed E-state index contributed by atoms with van der Waals surface area (Å²) in [6.45, 7) is 15.7. The standard InChI is InChI=1S/C34H48N2O4Si/c1-24(18-26-12-11-13-27(19-26)20-33(39)36-25(2)28-14-9-8-10-15-28)35-22-32(40-41(6,7)34(3,4)5)29-16-17-31(38)30(21-29)23-37/h8-17,19,21,24-25,32,35,37-38H,18,20,22-23H2,1-7H3,(H,36,39)/t24-,25-,32-/m1/s1. The van der Waals surface area contributed by atoms with E-state index in [0.717, 1.165) is 23.1 Å². The molecule has 3 rings (SSSR count). The van der Waals surface area contributed by atoms with Crippen LogP contribution >= 0.6 is 0 Å². The third kappa shape index (κ3) is 9.53. The summed E-state index contributed by atoms with van der Waals surface area (Å²) in [5, 5.41) is 26.6. The monoisotopic (exact) mass is 576 g/mol. The number of amides is 1. The summed E-state index contributed by atoms with van der Waals surface area (Å²) < 4.78 is 6.82. The number of carbonyl (C=O) groups is 1. The molecule has 0 aromatic heterocycles. The second kappa shape index (κ2) is 14.3. The zero-order chi connectivity index (χ0) is 30.2. The van der Waals surface area contributed by atoms with Gasteiger partial charge in [-0.25, -0.2) is 0 Å². The van der Waals surface area contributed by atoms with Crippen LogP contribution in [0.4, 0.5) is 0 Å². The van der Waals surface area contributed by atoms with Crippen LogP contribution in [0.3, 0.4) is 0 Å². The van der Waals surface area contributed by atoms with Gasteiger partial charge in [0.2, 0.25) is 5.91 Å². The molecule has 41 heavy (non-hydrogen) atoms. The van der Waals surface area contributed by atoms with Crippen LogP contribution in [0.15, 0.2) is 72.8 Å². The fraction of sp³-hybridized carbons (Fsp3) is 0.441. The molecule has 0 aliphatic heterocycles. The van der Waals surface area contributed by atoms with Gasteiger partial charge in [-0.1, -0.05) is 81.4 Å². The second-order valence-corrected chi connectivity index (χ2v) is 17.4. The minimum Gasteiger partial charge on any atom is -0.508 e. The van der Waals surface area contributed by atoms with Crippen LogP contribution in [-0.2, 0) is 28.7 Å². The molecule has 3 atom stereocenters. The second-order valence-electron chi connectivity index (χ2n) is 12.6. The molecule has 0 saturated carbocycles. The van der Waals surface area contributed by atoms with E-state index in [9.17, 15) is 15.0 Å². The molecule has 222 valence electrons. The van der Waals surface area contributed by atoms with Gasteiger partial charge in [-0.2, -0.15) is 0 Å². The van der Waals surface area contributed by atoms with E-state index in [1.165, 1.54) is 5.56 Å². The topological polar surface area (TPSA) is 90.8 Å². The van der Waals surface area contributed by atoms with Crippen LogP contribution < -0.4 is 10.6 Å².